The molecule has 1 aromatic heterocycles. The van der Waals surface area contributed by atoms with E-state index >= 15 is 0 Å². The summed E-state index contributed by atoms with van der Waals surface area (Å²) in [5.74, 6) is -0.746. The Morgan fingerprint density at radius 3 is 2.15 bits per heavy atom. The van der Waals surface area contributed by atoms with Gasteiger partial charge in [0.2, 0.25) is 15.9 Å². The Hall–Kier alpha value is -3.05. The number of carbonyl (C=O) groups is 2. The molecule has 1 aliphatic heterocycles. The third kappa shape index (κ3) is 6.00. The van der Waals surface area contributed by atoms with Crippen LogP contribution in [0, 0.1) is 27.7 Å². The third-order valence-corrected chi connectivity index (χ3v) is 10.9. The number of benzene rings is 2. The van der Waals surface area contributed by atoms with Crippen LogP contribution in [-0.4, -0.2) is 68.3 Å². The lowest BCUT2D eigenvalue weighted by Gasteiger charge is -2.37. The first-order chi connectivity index (χ1) is 18.9. The van der Waals surface area contributed by atoms with E-state index in [0.29, 0.717) is 28.5 Å². The summed E-state index contributed by atoms with van der Waals surface area (Å²) in [6.45, 7) is 12.8. The van der Waals surface area contributed by atoms with Crippen molar-refractivity contribution in [2.24, 2.45) is 0 Å². The molecule has 0 spiro atoms. The number of anilines is 1. The lowest BCUT2D eigenvalue weighted by Crippen LogP contribution is -2.54. The molecule has 0 unspecified atom stereocenters. The predicted octanol–water partition coefficient (Wildman–Crippen LogP) is 5.16. The zero-order chi connectivity index (χ0) is 29.2. The van der Waals surface area contributed by atoms with Gasteiger partial charge in [0.1, 0.15) is 5.00 Å². The topological polar surface area (TPSA) is 96.0 Å². The van der Waals surface area contributed by atoms with Gasteiger partial charge in [0, 0.05) is 31.1 Å². The van der Waals surface area contributed by atoms with Crippen molar-refractivity contribution in [3.8, 4) is 10.4 Å². The zero-order valence-corrected chi connectivity index (χ0v) is 25.5. The molecule has 1 atom stereocenters. The molecule has 10 heteroatoms. The molecular weight excluding hydrogens is 546 g/mol. The van der Waals surface area contributed by atoms with Crippen LogP contribution in [0.4, 0.5) is 5.00 Å². The van der Waals surface area contributed by atoms with Crippen LogP contribution in [0.2, 0.25) is 0 Å². The second-order valence-corrected chi connectivity index (χ2v) is 13.1. The van der Waals surface area contributed by atoms with E-state index < -0.39 is 22.0 Å². The Balaban J connectivity index is 1.48. The number of sulfonamides is 1. The number of rotatable bonds is 8. The van der Waals surface area contributed by atoms with E-state index in [0.717, 1.165) is 32.7 Å². The molecule has 0 saturated carbocycles. The second-order valence-electron chi connectivity index (χ2n) is 10.1. The number of aryl methyl sites for hydroxylation is 2. The lowest BCUT2D eigenvalue weighted by atomic mass is 10.0. The molecule has 214 valence electrons. The van der Waals surface area contributed by atoms with Gasteiger partial charge in [0.15, 0.2) is 0 Å². The van der Waals surface area contributed by atoms with E-state index in [1.54, 1.807) is 19.9 Å². The molecule has 40 heavy (non-hydrogen) atoms. The number of esters is 1. The molecule has 2 aromatic carbocycles. The molecule has 0 bridgehead atoms. The fourth-order valence-electron chi connectivity index (χ4n) is 5.00. The lowest BCUT2D eigenvalue weighted by molar-refractivity contribution is -0.121. The number of nitrogens with one attached hydrogen (secondary N) is 1. The minimum atomic E-state index is -3.67. The SMILES string of the molecule is CCOC(=O)c1cc(-c2ccccc2)sc1NC(=O)[C@H](C)N1CCN(S(=O)(=O)c2c(C)c(C)cc(C)c2C)CC1. The van der Waals surface area contributed by atoms with Crippen molar-refractivity contribution < 1.29 is 22.7 Å². The molecule has 1 aliphatic rings. The van der Waals surface area contributed by atoms with E-state index in [4.69, 9.17) is 4.74 Å². The first-order valence-corrected chi connectivity index (χ1v) is 15.7. The number of ether oxygens (including phenoxy) is 1. The van der Waals surface area contributed by atoms with Gasteiger partial charge < -0.3 is 10.1 Å². The number of nitrogens with zero attached hydrogens (tertiary/aromatic N) is 2. The van der Waals surface area contributed by atoms with Gasteiger partial charge in [0.25, 0.3) is 0 Å². The van der Waals surface area contributed by atoms with Crippen molar-refractivity contribution in [3.63, 3.8) is 0 Å². The summed E-state index contributed by atoms with van der Waals surface area (Å²) in [6, 6.07) is 12.9. The van der Waals surface area contributed by atoms with Crippen LogP contribution in [0.15, 0.2) is 47.4 Å². The fraction of sp³-hybridized carbons (Fsp3) is 0.400. The molecule has 2 heterocycles. The van der Waals surface area contributed by atoms with Gasteiger partial charge in [-0.2, -0.15) is 4.31 Å². The Kier molecular flexibility index (Phi) is 9.14. The molecule has 1 N–H and O–H groups in total. The average Bonchev–Trinajstić information content (AvgIpc) is 3.36. The summed E-state index contributed by atoms with van der Waals surface area (Å²) in [6.07, 6.45) is 0. The van der Waals surface area contributed by atoms with E-state index in [9.17, 15) is 18.0 Å². The maximum absolute atomic E-state index is 13.6. The Bertz CT molecular complexity index is 1480. The molecule has 8 nitrogen and oxygen atoms in total. The highest BCUT2D eigenvalue weighted by atomic mass is 32.2. The summed E-state index contributed by atoms with van der Waals surface area (Å²) < 4.78 is 34.0. The fourth-order valence-corrected chi connectivity index (χ4v) is 8.05. The Morgan fingerprint density at radius 2 is 1.57 bits per heavy atom. The van der Waals surface area contributed by atoms with E-state index in [-0.39, 0.29) is 25.6 Å². The van der Waals surface area contributed by atoms with E-state index in [2.05, 4.69) is 5.32 Å². The van der Waals surface area contributed by atoms with Crippen LogP contribution < -0.4 is 5.32 Å². The third-order valence-electron chi connectivity index (χ3n) is 7.62. The monoisotopic (exact) mass is 583 g/mol. The summed E-state index contributed by atoms with van der Waals surface area (Å²) >= 11 is 1.33. The van der Waals surface area contributed by atoms with Crippen molar-refractivity contribution >= 4 is 38.2 Å². The van der Waals surface area contributed by atoms with Gasteiger partial charge >= 0.3 is 5.97 Å². The maximum atomic E-state index is 13.6. The van der Waals surface area contributed by atoms with Gasteiger partial charge in [-0.25, -0.2) is 13.2 Å². The van der Waals surface area contributed by atoms with Crippen LogP contribution in [0.25, 0.3) is 10.4 Å². The largest absolute Gasteiger partial charge is 0.462 e. The standard InChI is InChI=1S/C30H37N3O5S2/c1-7-38-30(35)25-18-26(24-11-9-8-10-12-24)39-29(25)31-28(34)23(6)32-13-15-33(16-14-32)40(36,37)27-21(4)19(2)17-20(3)22(27)5/h8-12,17-18,23H,7,13-16H2,1-6H3,(H,31,34)/t23-/m0/s1. The number of amides is 1. The molecule has 1 fully saturated rings. The van der Waals surface area contributed by atoms with Gasteiger partial charge in [0.05, 0.1) is 23.1 Å². The van der Waals surface area contributed by atoms with Gasteiger partial charge in [-0.3, -0.25) is 9.69 Å². The summed E-state index contributed by atoms with van der Waals surface area (Å²) in [4.78, 5) is 29.2. The number of thiophene rings is 1. The summed E-state index contributed by atoms with van der Waals surface area (Å²) in [7, 11) is -3.67. The first-order valence-electron chi connectivity index (χ1n) is 13.4. The van der Waals surface area contributed by atoms with Gasteiger partial charge in [-0.05, 0) is 75.4 Å². The summed E-state index contributed by atoms with van der Waals surface area (Å²) in [5.41, 5.74) is 4.73. The molecule has 4 rings (SSSR count). The number of piperazine rings is 1. The van der Waals surface area contributed by atoms with Crippen LogP contribution in [0.3, 0.4) is 0 Å². The van der Waals surface area contributed by atoms with Gasteiger partial charge in [-0.1, -0.05) is 36.4 Å². The van der Waals surface area contributed by atoms with Crippen LogP contribution in [0.5, 0.6) is 0 Å². The number of hydrogen-bond donors (Lipinski definition) is 1. The zero-order valence-electron chi connectivity index (χ0n) is 23.9. The smallest absolute Gasteiger partial charge is 0.341 e. The molecule has 1 amide bonds. The van der Waals surface area contributed by atoms with Crippen molar-refractivity contribution in [2.75, 3.05) is 38.1 Å². The summed E-state index contributed by atoms with van der Waals surface area (Å²) in [5, 5.41) is 3.38. The molecule has 1 saturated heterocycles. The van der Waals surface area contributed by atoms with Gasteiger partial charge in [-0.15, -0.1) is 11.3 Å². The number of hydrogen-bond acceptors (Lipinski definition) is 7. The highest BCUT2D eigenvalue weighted by Gasteiger charge is 2.34. The second kappa shape index (κ2) is 12.2. The normalized spacial score (nSPS) is 15.6. The molecule has 0 radical (unpaired) electrons. The molecule has 3 aromatic rings. The van der Waals surface area contributed by atoms with Crippen LogP contribution >= 0.6 is 11.3 Å². The minimum Gasteiger partial charge on any atom is -0.462 e. The Labute approximate surface area is 241 Å². The quantitative estimate of drug-likeness (QED) is 0.368. The number of carbonyl (C=O) groups excluding carboxylic acids is 2. The van der Waals surface area contributed by atoms with Crippen molar-refractivity contribution in [2.45, 2.75) is 52.5 Å². The van der Waals surface area contributed by atoms with Crippen molar-refractivity contribution in [1.82, 2.24) is 9.21 Å². The van der Waals surface area contributed by atoms with E-state index in [1.807, 2.05) is 69.0 Å². The first kappa shape index (κ1) is 29.9. The molecular formula is C30H37N3O5S2. The minimum absolute atomic E-state index is 0.230. The van der Waals surface area contributed by atoms with Crippen molar-refractivity contribution in [3.05, 3.63) is 70.3 Å². The van der Waals surface area contributed by atoms with E-state index in [1.165, 1.54) is 15.6 Å². The molecule has 0 aliphatic carbocycles. The average molecular weight is 584 g/mol. The van der Waals surface area contributed by atoms with Crippen LogP contribution in [-0.2, 0) is 19.6 Å². The Morgan fingerprint density at radius 1 is 0.975 bits per heavy atom. The van der Waals surface area contributed by atoms with Crippen molar-refractivity contribution in [1.29, 1.82) is 0 Å². The highest BCUT2D eigenvalue weighted by Crippen LogP contribution is 2.36. The van der Waals surface area contributed by atoms with Crippen LogP contribution in [0.1, 0.15) is 46.5 Å². The predicted molar refractivity (Wildman–Crippen MR) is 160 cm³/mol. The maximum Gasteiger partial charge on any atom is 0.341 e. The highest BCUT2D eigenvalue weighted by molar-refractivity contribution is 7.89.